The molecule has 5 nitrogen and oxygen atoms in total. The van der Waals surface area contributed by atoms with E-state index in [1.807, 2.05) is 13.8 Å². The number of methoxy groups -OCH3 is 2. The smallest absolute Gasteiger partial charge is 0.237 e. The van der Waals surface area contributed by atoms with E-state index in [1.54, 1.807) is 32.4 Å². The van der Waals surface area contributed by atoms with Crippen LogP contribution >= 0.6 is 12.2 Å². The number of hydrogen-bond acceptors (Lipinski definition) is 4. The first-order valence-corrected chi connectivity index (χ1v) is 7.19. The minimum Gasteiger partial charge on any atom is -0.493 e. The lowest BCUT2D eigenvalue weighted by Gasteiger charge is -2.29. The first-order chi connectivity index (χ1) is 9.94. The van der Waals surface area contributed by atoms with Gasteiger partial charge in [-0.2, -0.15) is 0 Å². The number of nitrogens with one attached hydrogen (secondary N) is 1. The van der Waals surface area contributed by atoms with Crippen LogP contribution < -0.4 is 20.5 Å². The fraction of sp³-hybridized carbons (Fsp3) is 0.467. The highest BCUT2D eigenvalue weighted by atomic mass is 32.1. The van der Waals surface area contributed by atoms with Gasteiger partial charge in [-0.25, -0.2) is 0 Å². The molecule has 1 amide bonds. The van der Waals surface area contributed by atoms with Crippen molar-refractivity contribution in [3.05, 3.63) is 18.2 Å². The predicted octanol–water partition coefficient (Wildman–Crippen LogP) is 2.73. The van der Waals surface area contributed by atoms with Gasteiger partial charge >= 0.3 is 0 Å². The molecule has 0 atom stereocenters. The standard InChI is InChI=1S/C15H22N2O3S/c1-5-15(6-2,13(16)21)14(18)17-10-7-8-11(19-3)12(9-10)20-4/h7-9H,5-6H2,1-4H3,(H2,16,21)(H,17,18). The quantitative estimate of drug-likeness (QED) is 0.758. The Bertz CT molecular complexity index is 528. The molecule has 0 fully saturated rings. The van der Waals surface area contributed by atoms with Gasteiger partial charge in [-0.3, -0.25) is 4.79 Å². The molecule has 0 unspecified atom stereocenters. The highest BCUT2D eigenvalue weighted by molar-refractivity contribution is 7.80. The van der Waals surface area contributed by atoms with Gasteiger partial charge in [-0.15, -0.1) is 0 Å². The van der Waals surface area contributed by atoms with Crippen LogP contribution in [0.15, 0.2) is 18.2 Å². The molecule has 1 rings (SSSR count). The Morgan fingerprint density at radius 3 is 2.24 bits per heavy atom. The molecule has 0 bridgehead atoms. The Morgan fingerprint density at radius 1 is 1.24 bits per heavy atom. The van der Waals surface area contributed by atoms with Crippen LogP contribution in [-0.4, -0.2) is 25.1 Å². The van der Waals surface area contributed by atoms with E-state index >= 15 is 0 Å². The average Bonchev–Trinajstić information content (AvgIpc) is 2.48. The molecule has 21 heavy (non-hydrogen) atoms. The molecule has 116 valence electrons. The van der Waals surface area contributed by atoms with Crippen LogP contribution in [-0.2, 0) is 4.79 Å². The lowest BCUT2D eigenvalue weighted by Crippen LogP contribution is -2.45. The summed E-state index contributed by atoms with van der Waals surface area (Å²) in [4.78, 5) is 12.8. The van der Waals surface area contributed by atoms with Crippen LogP contribution in [0.25, 0.3) is 0 Å². The van der Waals surface area contributed by atoms with Crippen molar-refractivity contribution in [3.8, 4) is 11.5 Å². The summed E-state index contributed by atoms with van der Waals surface area (Å²) in [7, 11) is 3.10. The molecule has 0 aromatic heterocycles. The summed E-state index contributed by atoms with van der Waals surface area (Å²) in [6.07, 6.45) is 1.11. The van der Waals surface area contributed by atoms with Crippen LogP contribution in [0.1, 0.15) is 26.7 Å². The highest BCUT2D eigenvalue weighted by Crippen LogP contribution is 2.32. The third-order valence-corrected chi connectivity index (χ3v) is 4.15. The highest BCUT2D eigenvalue weighted by Gasteiger charge is 2.38. The normalized spacial score (nSPS) is 10.9. The summed E-state index contributed by atoms with van der Waals surface area (Å²) >= 11 is 5.08. The minimum atomic E-state index is -0.831. The number of hydrogen-bond donors (Lipinski definition) is 2. The van der Waals surface area contributed by atoms with Gasteiger partial charge < -0.3 is 20.5 Å². The van der Waals surface area contributed by atoms with Gasteiger partial charge in [-0.05, 0) is 25.0 Å². The maximum Gasteiger partial charge on any atom is 0.237 e. The van der Waals surface area contributed by atoms with E-state index in [0.717, 1.165) is 0 Å². The van der Waals surface area contributed by atoms with Crippen molar-refractivity contribution >= 4 is 28.8 Å². The van der Waals surface area contributed by atoms with Gasteiger partial charge in [0.05, 0.1) is 24.6 Å². The monoisotopic (exact) mass is 310 g/mol. The molecular formula is C15H22N2O3S. The summed E-state index contributed by atoms with van der Waals surface area (Å²) < 4.78 is 10.4. The van der Waals surface area contributed by atoms with Gasteiger partial charge in [0.15, 0.2) is 11.5 Å². The van der Waals surface area contributed by atoms with Gasteiger partial charge in [0.25, 0.3) is 0 Å². The molecule has 0 radical (unpaired) electrons. The second-order valence-corrected chi connectivity index (χ2v) is 5.12. The molecule has 0 aliphatic rings. The molecule has 0 heterocycles. The molecule has 1 aromatic carbocycles. The van der Waals surface area contributed by atoms with E-state index in [1.165, 1.54) is 0 Å². The molecule has 1 aromatic rings. The molecule has 0 saturated heterocycles. The zero-order valence-corrected chi connectivity index (χ0v) is 13.7. The van der Waals surface area contributed by atoms with E-state index < -0.39 is 5.41 Å². The number of benzene rings is 1. The van der Waals surface area contributed by atoms with Crippen LogP contribution in [0, 0.1) is 5.41 Å². The van der Waals surface area contributed by atoms with Gasteiger partial charge in [0.2, 0.25) is 5.91 Å². The van der Waals surface area contributed by atoms with Crippen molar-refractivity contribution in [2.45, 2.75) is 26.7 Å². The topological polar surface area (TPSA) is 73.6 Å². The lowest BCUT2D eigenvalue weighted by molar-refractivity contribution is -0.122. The predicted molar refractivity (Wildman–Crippen MR) is 88.0 cm³/mol. The second kappa shape index (κ2) is 7.26. The number of nitrogens with two attached hydrogens (primary N) is 1. The van der Waals surface area contributed by atoms with Crippen molar-refractivity contribution < 1.29 is 14.3 Å². The van der Waals surface area contributed by atoms with E-state index in [-0.39, 0.29) is 10.9 Å². The van der Waals surface area contributed by atoms with Gasteiger partial charge in [0.1, 0.15) is 0 Å². The fourth-order valence-electron chi connectivity index (χ4n) is 2.20. The largest absolute Gasteiger partial charge is 0.493 e. The number of amides is 1. The Kier molecular flexibility index (Phi) is 5.96. The van der Waals surface area contributed by atoms with Crippen molar-refractivity contribution in [1.29, 1.82) is 0 Å². The van der Waals surface area contributed by atoms with E-state index in [0.29, 0.717) is 30.0 Å². The molecule has 0 aliphatic heterocycles. The van der Waals surface area contributed by atoms with Crippen molar-refractivity contribution in [1.82, 2.24) is 0 Å². The number of rotatable bonds is 7. The zero-order chi connectivity index (χ0) is 16.0. The Morgan fingerprint density at radius 2 is 1.81 bits per heavy atom. The zero-order valence-electron chi connectivity index (χ0n) is 12.9. The molecule has 6 heteroatoms. The van der Waals surface area contributed by atoms with Gasteiger partial charge in [0, 0.05) is 11.8 Å². The fourth-order valence-corrected chi connectivity index (χ4v) is 2.58. The first kappa shape index (κ1) is 17.2. The summed E-state index contributed by atoms with van der Waals surface area (Å²) in [5.41, 5.74) is 5.56. The Hall–Kier alpha value is -1.82. The van der Waals surface area contributed by atoms with Crippen molar-refractivity contribution in [2.24, 2.45) is 11.1 Å². The summed E-state index contributed by atoms with van der Waals surface area (Å²) in [5.74, 6) is 0.943. The van der Waals surface area contributed by atoms with Crippen molar-refractivity contribution in [2.75, 3.05) is 19.5 Å². The van der Waals surface area contributed by atoms with Gasteiger partial charge in [-0.1, -0.05) is 26.1 Å². The van der Waals surface area contributed by atoms with E-state index in [4.69, 9.17) is 27.4 Å². The summed E-state index contributed by atoms with van der Waals surface area (Å²) in [6, 6.07) is 5.18. The third kappa shape index (κ3) is 3.44. The summed E-state index contributed by atoms with van der Waals surface area (Å²) in [5, 5.41) is 2.85. The molecular weight excluding hydrogens is 288 g/mol. The summed E-state index contributed by atoms with van der Waals surface area (Å²) in [6.45, 7) is 3.80. The molecule has 3 N–H and O–H groups in total. The van der Waals surface area contributed by atoms with Crippen LogP contribution in [0.3, 0.4) is 0 Å². The lowest BCUT2D eigenvalue weighted by atomic mass is 9.81. The number of carbonyl (C=O) groups excluding carboxylic acids is 1. The molecule has 0 aliphatic carbocycles. The number of thiocarbonyl (C=S) groups is 1. The third-order valence-electron chi connectivity index (χ3n) is 3.75. The number of anilines is 1. The second-order valence-electron chi connectivity index (χ2n) is 4.68. The van der Waals surface area contributed by atoms with Crippen molar-refractivity contribution in [3.63, 3.8) is 0 Å². The average molecular weight is 310 g/mol. The minimum absolute atomic E-state index is 0.202. The van der Waals surface area contributed by atoms with Crippen LogP contribution in [0.2, 0.25) is 0 Å². The first-order valence-electron chi connectivity index (χ1n) is 6.78. The number of ether oxygens (including phenoxy) is 2. The SMILES string of the molecule is CCC(CC)(C(=O)Nc1ccc(OC)c(OC)c1)C(N)=S. The maximum atomic E-state index is 12.5. The molecule has 0 saturated carbocycles. The Labute approximate surface area is 130 Å². The van der Waals surface area contributed by atoms with E-state index in [9.17, 15) is 4.79 Å². The van der Waals surface area contributed by atoms with Crippen LogP contribution in [0.4, 0.5) is 5.69 Å². The van der Waals surface area contributed by atoms with E-state index in [2.05, 4.69) is 5.32 Å². The molecule has 0 spiro atoms. The van der Waals surface area contributed by atoms with Crippen LogP contribution in [0.5, 0.6) is 11.5 Å². The number of carbonyl (C=O) groups is 1. The Balaban J connectivity index is 3.04. The maximum absolute atomic E-state index is 12.5.